The molecular formula is C17H17NO2. The van der Waals surface area contributed by atoms with Gasteiger partial charge in [-0.05, 0) is 25.1 Å². The summed E-state index contributed by atoms with van der Waals surface area (Å²) in [5.74, 6) is -0.0374. The van der Waals surface area contributed by atoms with Gasteiger partial charge in [0.05, 0.1) is 0 Å². The van der Waals surface area contributed by atoms with E-state index in [-0.39, 0.29) is 5.78 Å². The van der Waals surface area contributed by atoms with E-state index in [2.05, 4.69) is 5.32 Å². The zero-order valence-electron chi connectivity index (χ0n) is 11.3. The summed E-state index contributed by atoms with van der Waals surface area (Å²) in [5.41, 5.74) is 2.17. The van der Waals surface area contributed by atoms with Gasteiger partial charge in [-0.25, -0.2) is 0 Å². The number of nitrogens with one attached hydrogen (secondary N) is 1. The highest BCUT2D eigenvalue weighted by atomic mass is 16.3. The number of rotatable bonds is 5. The lowest BCUT2D eigenvalue weighted by atomic mass is 10.1. The van der Waals surface area contributed by atoms with Crippen LogP contribution in [0.4, 0.5) is 5.69 Å². The van der Waals surface area contributed by atoms with E-state index in [1.807, 2.05) is 30.3 Å². The molecule has 2 rings (SSSR count). The number of benzene rings is 2. The van der Waals surface area contributed by atoms with Crippen LogP contribution in [0.25, 0.3) is 0 Å². The highest BCUT2D eigenvalue weighted by molar-refractivity contribution is 6.04. The van der Waals surface area contributed by atoms with Crippen molar-refractivity contribution in [3.63, 3.8) is 0 Å². The number of carbonyl (C=O) groups is 1. The summed E-state index contributed by atoms with van der Waals surface area (Å²) in [7, 11) is 0. The molecule has 0 aliphatic heterocycles. The largest absolute Gasteiger partial charge is 0.369 e. The van der Waals surface area contributed by atoms with Crippen molar-refractivity contribution in [3.05, 3.63) is 77.9 Å². The Balaban J connectivity index is 2.08. The fraction of sp³-hybridized carbons (Fsp3) is 0.118. The molecular weight excluding hydrogens is 250 g/mol. The summed E-state index contributed by atoms with van der Waals surface area (Å²) in [4.78, 5) is 11.7. The first-order chi connectivity index (χ1) is 9.70. The highest BCUT2D eigenvalue weighted by Gasteiger charge is 2.08. The fourth-order valence-electron chi connectivity index (χ4n) is 1.85. The topological polar surface area (TPSA) is 49.3 Å². The molecule has 2 aromatic carbocycles. The van der Waals surface area contributed by atoms with Crippen LogP contribution in [0, 0.1) is 0 Å². The van der Waals surface area contributed by atoms with Crippen LogP contribution >= 0.6 is 0 Å². The van der Waals surface area contributed by atoms with Crippen molar-refractivity contribution in [1.82, 2.24) is 0 Å². The van der Waals surface area contributed by atoms with Gasteiger partial charge in [0.2, 0.25) is 0 Å². The lowest BCUT2D eigenvalue weighted by Crippen LogP contribution is -2.09. The Hall–Kier alpha value is -2.39. The molecule has 0 bridgehead atoms. The molecule has 2 aromatic rings. The molecule has 0 aliphatic rings. The molecule has 0 fully saturated rings. The second kappa shape index (κ2) is 6.68. The summed E-state index contributed by atoms with van der Waals surface area (Å²) in [6.45, 7) is 1.81. The number of allylic oxidation sites excluding steroid dienone is 2. The van der Waals surface area contributed by atoms with Gasteiger partial charge in [-0.1, -0.05) is 48.5 Å². The second-order valence-electron chi connectivity index (χ2n) is 4.40. The Morgan fingerprint density at radius 2 is 1.75 bits per heavy atom. The number of hydrogen-bond donors (Lipinski definition) is 2. The molecule has 0 spiro atoms. The number of aliphatic hydroxyl groups is 1. The van der Waals surface area contributed by atoms with Crippen LogP contribution in [0.15, 0.2) is 66.7 Å². The average Bonchev–Trinajstić information content (AvgIpc) is 2.48. The van der Waals surface area contributed by atoms with Gasteiger partial charge in [0.1, 0.15) is 0 Å². The first kappa shape index (κ1) is 14.0. The maximum atomic E-state index is 11.7. The molecule has 0 radical (unpaired) electrons. The third-order valence-electron chi connectivity index (χ3n) is 2.91. The van der Waals surface area contributed by atoms with E-state index in [1.54, 1.807) is 37.3 Å². The molecule has 0 aliphatic carbocycles. The summed E-state index contributed by atoms with van der Waals surface area (Å²) in [6.07, 6.45) is 2.43. The first-order valence-electron chi connectivity index (χ1n) is 6.47. The van der Waals surface area contributed by atoms with Crippen molar-refractivity contribution < 1.29 is 9.90 Å². The minimum atomic E-state index is -0.803. The van der Waals surface area contributed by atoms with Crippen LogP contribution in [0.3, 0.4) is 0 Å². The molecule has 2 N–H and O–H groups in total. The Morgan fingerprint density at radius 3 is 2.35 bits per heavy atom. The van der Waals surface area contributed by atoms with Crippen molar-refractivity contribution in [1.29, 1.82) is 0 Å². The number of aliphatic hydroxyl groups excluding tert-OH is 1. The predicted octanol–water partition coefficient (Wildman–Crippen LogP) is 3.55. The quantitative estimate of drug-likeness (QED) is 0.495. The Kier molecular flexibility index (Phi) is 4.69. The zero-order chi connectivity index (χ0) is 14.4. The van der Waals surface area contributed by atoms with E-state index >= 15 is 0 Å². The van der Waals surface area contributed by atoms with Gasteiger partial charge in [0.25, 0.3) is 0 Å². The van der Waals surface area contributed by atoms with Crippen molar-refractivity contribution in [2.24, 2.45) is 0 Å². The maximum absolute atomic E-state index is 11.7. The number of anilines is 1. The molecule has 0 saturated heterocycles. The van der Waals surface area contributed by atoms with E-state index in [1.165, 1.54) is 6.08 Å². The van der Waals surface area contributed by atoms with Gasteiger partial charge >= 0.3 is 0 Å². The number of para-hydroxylation sites is 1. The molecule has 0 amide bonds. The van der Waals surface area contributed by atoms with E-state index in [0.29, 0.717) is 11.1 Å². The summed E-state index contributed by atoms with van der Waals surface area (Å²) >= 11 is 0. The molecule has 1 unspecified atom stereocenters. The van der Waals surface area contributed by atoms with Crippen LogP contribution in [0.5, 0.6) is 0 Å². The van der Waals surface area contributed by atoms with Crippen LogP contribution in [-0.4, -0.2) is 10.9 Å². The Bertz CT molecular complexity index is 588. The van der Waals surface area contributed by atoms with Crippen LogP contribution in [-0.2, 0) is 0 Å². The predicted molar refractivity (Wildman–Crippen MR) is 80.6 cm³/mol. The lowest BCUT2D eigenvalue weighted by Gasteiger charge is -2.14. The van der Waals surface area contributed by atoms with Crippen molar-refractivity contribution in [3.8, 4) is 0 Å². The van der Waals surface area contributed by atoms with Gasteiger partial charge in [-0.3, -0.25) is 4.79 Å². The standard InChI is InChI=1S/C17H17NO2/c1-2-6-16(19)13-9-11-14(12-10-13)17(20)18-15-7-4-3-5-8-15/h2-12,17-18,20H,1H3. The Labute approximate surface area is 118 Å². The SMILES string of the molecule is CC=CC(=O)c1ccc(C(O)Nc2ccccc2)cc1. The van der Waals surface area contributed by atoms with Gasteiger partial charge < -0.3 is 10.4 Å². The third-order valence-corrected chi connectivity index (χ3v) is 2.91. The maximum Gasteiger partial charge on any atom is 0.185 e. The first-order valence-corrected chi connectivity index (χ1v) is 6.47. The summed E-state index contributed by atoms with van der Waals surface area (Å²) in [5, 5.41) is 13.1. The van der Waals surface area contributed by atoms with Gasteiger partial charge in [0.15, 0.2) is 12.0 Å². The molecule has 20 heavy (non-hydrogen) atoms. The normalized spacial score (nSPS) is 12.3. The third kappa shape index (κ3) is 3.56. The lowest BCUT2D eigenvalue weighted by molar-refractivity contribution is 0.104. The zero-order valence-corrected chi connectivity index (χ0v) is 11.3. The second-order valence-corrected chi connectivity index (χ2v) is 4.40. The molecule has 3 heteroatoms. The Morgan fingerprint density at radius 1 is 1.10 bits per heavy atom. The van der Waals surface area contributed by atoms with Gasteiger partial charge in [-0.15, -0.1) is 0 Å². The summed E-state index contributed by atoms with van der Waals surface area (Å²) in [6, 6.07) is 16.4. The molecule has 3 nitrogen and oxygen atoms in total. The average molecular weight is 267 g/mol. The van der Waals surface area contributed by atoms with Crippen molar-refractivity contribution in [2.75, 3.05) is 5.32 Å². The summed E-state index contributed by atoms with van der Waals surface area (Å²) < 4.78 is 0. The molecule has 0 heterocycles. The van der Waals surface area contributed by atoms with E-state index in [4.69, 9.17) is 0 Å². The molecule has 0 saturated carbocycles. The molecule has 102 valence electrons. The van der Waals surface area contributed by atoms with Gasteiger partial charge in [-0.2, -0.15) is 0 Å². The number of carbonyl (C=O) groups excluding carboxylic acids is 1. The fourth-order valence-corrected chi connectivity index (χ4v) is 1.85. The van der Waals surface area contributed by atoms with Gasteiger partial charge in [0, 0.05) is 16.8 Å². The van der Waals surface area contributed by atoms with Crippen LogP contribution in [0.1, 0.15) is 29.1 Å². The monoisotopic (exact) mass is 267 g/mol. The number of ketones is 1. The minimum Gasteiger partial charge on any atom is -0.369 e. The van der Waals surface area contributed by atoms with Crippen LogP contribution < -0.4 is 5.32 Å². The number of hydrogen-bond acceptors (Lipinski definition) is 3. The smallest absolute Gasteiger partial charge is 0.185 e. The molecule has 1 atom stereocenters. The van der Waals surface area contributed by atoms with Crippen molar-refractivity contribution >= 4 is 11.5 Å². The van der Waals surface area contributed by atoms with E-state index in [0.717, 1.165) is 5.69 Å². The van der Waals surface area contributed by atoms with E-state index in [9.17, 15) is 9.90 Å². The van der Waals surface area contributed by atoms with Crippen LogP contribution in [0.2, 0.25) is 0 Å². The highest BCUT2D eigenvalue weighted by Crippen LogP contribution is 2.17. The molecule has 0 aromatic heterocycles. The van der Waals surface area contributed by atoms with Crippen molar-refractivity contribution in [2.45, 2.75) is 13.2 Å². The van der Waals surface area contributed by atoms with E-state index < -0.39 is 6.23 Å². The minimum absolute atomic E-state index is 0.0374.